The lowest BCUT2D eigenvalue weighted by atomic mass is 10.00. The molecule has 0 aliphatic rings. The molecular formula is C24H27N3O2S. The SMILES string of the molecule is CCCCC(c1cccnc1)N(C)C(=O)c1ccccc1N(C)C(=O)c1cccs1. The Morgan fingerprint density at radius 3 is 2.50 bits per heavy atom. The Labute approximate surface area is 182 Å². The number of para-hydroxylation sites is 1. The van der Waals surface area contributed by atoms with Gasteiger partial charge in [-0.25, -0.2) is 0 Å². The Bertz CT molecular complexity index is 973. The number of anilines is 1. The second kappa shape index (κ2) is 10.2. The highest BCUT2D eigenvalue weighted by molar-refractivity contribution is 7.12. The maximum atomic E-state index is 13.5. The maximum Gasteiger partial charge on any atom is 0.268 e. The van der Waals surface area contributed by atoms with Crippen LogP contribution in [0.3, 0.4) is 0 Å². The minimum atomic E-state index is -0.123. The van der Waals surface area contributed by atoms with E-state index in [1.165, 1.54) is 11.3 Å². The van der Waals surface area contributed by atoms with Crippen LogP contribution < -0.4 is 4.90 Å². The van der Waals surface area contributed by atoms with Crippen LogP contribution >= 0.6 is 11.3 Å². The maximum absolute atomic E-state index is 13.5. The van der Waals surface area contributed by atoms with E-state index in [0.29, 0.717) is 16.1 Å². The van der Waals surface area contributed by atoms with Crippen LogP contribution in [0.2, 0.25) is 0 Å². The number of rotatable bonds is 8. The van der Waals surface area contributed by atoms with E-state index in [4.69, 9.17) is 0 Å². The molecule has 30 heavy (non-hydrogen) atoms. The van der Waals surface area contributed by atoms with Crippen LogP contribution in [0, 0.1) is 0 Å². The molecule has 3 rings (SSSR count). The van der Waals surface area contributed by atoms with Crippen LogP contribution in [0.25, 0.3) is 0 Å². The van der Waals surface area contributed by atoms with Crippen molar-refractivity contribution < 1.29 is 9.59 Å². The highest BCUT2D eigenvalue weighted by Gasteiger charge is 2.26. The molecule has 2 heterocycles. The van der Waals surface area contributed by atoms with E-state index in [2.05, 4.69) is 11.9 Å². The monoisotopic (exact) mass is 421 g/mol. The van der Waals surface area contributed by atoms with E-state index in [9.17, 15) is 9.59 Å². The molecule has 2 aromatic heterocycles. The predicted molar refractivity (Wildman–Crippen MR) is 122 cm³/mol. The van der Waals surface area contributed by atoms with Gasteiger partial charge < -0.3 is 9.80 Å². The molecule has 0 fully saturated rings. The molecule has 0 N–H and O–H groups in total. The predicted octanol–water partition coefficient (Wildman–Crippen LogP) is 5.42. The first-order chi connectivity index (χ1) is 14.5. The van der Waals surface area contributed by atoms with Crippen molar-refractivity contribution in [3.63, 3.8) is 0 Å². The number of hydrogen-bond donors (Lipinski definition) is 0. The minimum Gasteiger partial charge on any atom is -0.335 e. The average Bonchev–Trinajstić information content (AvgIpc) is 3.33. The number of carbonyl (C=O) groups is 2. The number of aromatic nitrogens is 1. The zero-order chi connectivity index (χ0) is 21.5. The fraction of sp³-hybridized carbons (Fsp3) is 0.292. The van der Waals surface area contributed by atoms with Crippen molar-refractivity contribution in [3.05, 3.63) is 82.3 Å². The summed E-state index contributed by atoms with van der Waals surface area (Å²) in [5, 5.41) is 1.87. The first-order valence-corrected chi connectivity index (χ1v) is 11.0. The van der Waals surface area contributed by atoms with Crippen LogP contribution in [-0.2, 0) is 0 Å². The normalized spacial score (nSPS) is 11.7. The van der Waals surface area contributed by atoms with E-state index < -0.39 is 0 Å². The summed E-state index contributed by atoms with van der Waals surface area (Å²) in [6.07, 6.45) is 6.48. The van der Waals surface area contributed by atoms with Gasteiger partial charge in [-0.15, -0.1) is 11.3 Å². The van der Waals surface area contributed by atoms with Crippen molar-refractivity contribution in [1.82, 2.24) is 9.88 Å². The third-order valence-electron chi connectivity index (χ3n) is 5.22. The molecule has 1 atom stereocenters. The molecule has 0 saturated heterocycles. The molecule has 0 bridgehead atoms. The van der Waals surface area contributed by atoms with Gasteiger partial charge in [0.1, 0.15) is 0 Å². The molecule has 6 heteroatoms. The van der Waals surface area contributed by atoms with Gasteiger partial charge in [-0.2, -0.15) is 0 Å². The zero-order valence-corrected chi connectivity index (χ0v) is 18.4. The number of pyridine rings is 1. The van der Waals surface area contributed by atoms with E-state index >= 15 is 0 Å². The van der Waals surface area contributed by atoms with Gasteiger partial charge in [0.2, 0.25) is 0 Å². The van der Waals surface area contributed by atoms with Gasteiger partial charge in [0.25, 0.3) is 11.8 Å². The number of amides is 2. The van der Waals surface area contributed by atoms with Gasteiger partial charge in [0.15, 0.2) is 0 Å². The number of hydrogen-bond acceptors (Lipinski definition) is 4. The summed E-state index contributed by atoms with van der Waals surface area (Å²) in [5.41, 5.74) is 2.13. The molecule has 2 amide bonds. The molecular weight excluding hydrogens is 394 g/mol. The molecule has 0 radical (unpaired) electrons. The lowest BCUT2D eigenvalue weighted by Crippen LogP contribution is -2.34. The fourth-order valence-electron chi connectivity index (χ4n) is 3.51. The highest BCUT2D eigenvalue weighted by atomic mass is 32.1. The summed E-state index contributed by atoms with van der Waals surface area (Å²) in [5.74, 6) is -0.232. The Hall–Kier alpha value is -2.99. The van der Waals surface area contributed by atoms with Crippen molar-refractivity contribution in [2.24, 2.45) is 0 Å². The smallest absolute Gasteiger partial charge is 0.268 e. The number of unbranched alkanes of at least 4 members (excludes halogenated alkanes) is 1. The summed E-state index contributed by atoms with van der Waals surface area (Å²) in [6, 6.07) is 14.8. The highest BCUT2D eigenvalue weighted by Crippen LogP contribution is 2.29. The van der Waals surface area contributed by atoms with Gasteiger partial charge in [-0.1, -0.05) is 44.0 Å². The quantitative estimate of drug-likeness (QED) is 0.488. The molecule has 1 aromatic carbocycles. The molecule has 0 aliphatic heterocycles. The van der Waals surface area contributed by atoms with E-state index in [0.717, 1.165) is 24.8 Å². The number of thiophene rings is 1. The fourth-order valence-corrected chi connectivity index (χ4v) is 4.21. The van der Waals surface area contributed by atoms with Gasteiger partial charge in [-0.05, 0) is 41.6 Å². The van der Waals surface area contributed by atoms with Crippen LogP contribution in [-0.4, -0.2) is 35.8 Å². The average molecular weight is 422 g/mol. The van der Waals surface area contributed by atoms with E-state index in [1.54, 1.807) is 35.2 Å². The third kappa shape index (κ3) is 4.76. The first kappa shape index (κ1) is 21.7. The molecule has 0 saturated carbocycles. The molecule has 5 nitrogen and oxygen atoms in total. The minimum absolute atomic E-state index is 0.0718. The summed E-state index contributed by atoms with van der Waals surface area (Å²) < 4.78 is 0. The number of carbonyl (C=O) groups excluding carboxylic acids is 2. The van der Waals surface area contributed by atoms with Gasteiger partial charge in [0, 0.05) is 26.5 Å². The summed E-state index contributed by atoms with van der Waals surface area (Å²) in [7, 11) is 3.54. The van der Waals surface area contributed by atoms with Gasteiger partial charge >= 0.3 is 0 Å². The molecule has 1 unspecified atom stereocenters. The summed E-state index contributed by atoms with van der Waals surface area (Å²) >= 11 is 1.39. The Morgan fingerprint density at radius 2 is 1.83 bits per heavy atom. The number of nitrogens with zero attached hydrogens (tertiary/aromatic N) is 3. The Balaban J connectivity index is 1.91. The van der Waals surface area contributed by atoms with E-state index in [-0.39, 0.29) is 17.9 Å². The van der Waals surface area contributed by atoms with Crippen LogP contribution in [0.1, 0.15) is 57.8 Å². The second-order valence-electron chi connectivity index (χ2n) is 7.22. The Kier molecular flexibility index (Phi) is 7.36. The second-order valence-corrected chi connectivity index (χ2v) is 8.17. The van der Waals surface area contributed by atoms with Gasteiger partial charge in [0.05, 0.1) is 22.2 Å². The summed E-state index contributed by atoms with van der Waals surface area (Å²) in [4.78, 5) is 34.6. The molecule has 0 aliphatic carbocycles. The Morgan fingerprint density at radius 1 is 1.03 bits per heavy atom. The lowest BCUT2D eigenvalue weighted by molar-refractivity contribution is 0.0721. The zero-order valence-electron chi connectivity index (χ0n) is 17.6. The van der Waals surface area contributed by atoms with Crippen molar-refractivity contribution >= 4 is 28.8 Å². The van der Waals surface area contributed by atoms with Crippen LogP contribution in [0.15, 0.2) is 66.3 Å². The largest absolute Gasteiger partial charge is 0.335 e. The molecule has 156 valence electrons. The molecule has 0 spiro atoms. The molecule has 3 aromatic rings. The number of benzene rings is 1. The third-order valence-corrected chi connectivity index (χ3v) is 6.08. The summed E-state index contributed by atoms with van der Waals surface area (Å²) in [6.45, 7) is 2.14. The lowest BCUT2D eigenvalue weighted by Gasteiger charge is -2.30. The van der Waals surface area contributed by atoms with Crippen LogP contribution in [0.5, 0.6) is 0 Å². The standard InChI is InChI=1S/C24H27N3O2S/c1-4-5-12-20(18-10-8-15-25-17-18)26(2)23(28)19-11-6-7-13-21(19)27(3)24(29)22-14-9-16-30-22/h6-11,13-17,20H,4-5,12H2,1-3H3. The van der Waals surface area contributed by atoms with E-state index in [1.807, 2.05) is 55.0 Å². The van der Waals surface area contributed by atoms with Gasteiger partial charge in [-0.3, -0.25) is 14.6 Å². The first-order valence-electron chi connectivity index (χ1n) is 10.1. The topological polar surface area (TPSA) is 53.5 Å². The van der Waals surface area contributed by atoms with Crippen molar-refractivity contribution in [1.29, 1.82) is 0 Å². The van der Waals surface area contributed by atoms with Crippen molar-refractivity contribution in [3.8, 4) is 0 Å². The van der Waals surface area contributed by atoms with Crippen molar-refractivity contribution in [2.75, 3.05) is 19.0 Å². The van der Waals surface area contributed by atoms with Crippen LogP contribution in [0.4, 0.5) is 5.69 Å². The van der Waals surface area contributed by atoms with Crippen molar-refractivity contribution in [2.45, 2.75) is 32.2 Å².